The van der Waals surface area contributed by atoms with E-state index in [-0.39, 0.29) is 5.69 Å². The maximum atomic E-state index is 12.7. The summed E-state index contributed by atoms with van der Waals surface area (Å²) in [6.45, 7) is 3.14. The van der Waals surface area contributed by atoms with E-state index < -0.39 is 12.7 Å². The van der Waals surface area contributed by atoms with Gasteiger partial charge in [-0.2, -0.15) is 23.5 Å². The van der Waals surface area contributed by atoms with Gasteiger partial charge in [-0.1, -0.05) is 19.9 Å². The predicted octanol–water partition coefficient (Wildman–Crippen LogP) is 4.23. The van der Waals surface area contributed by atoms with E-state index >= 15 is 0 Å². The summed E-state index contributed by atoms with van der Waals surface area (Å²) in [6.07, 6.45) is -3.29. The molecule has 0 bridgehead atoms. The fourth-order valence-corrected chi connectivity index (χ4v) is 3.13. The minimum Gasteiger partial charge on any atom is -0.254 e. The molecular weight excluding hydrogens is 291 g/mol. The van der Waals surface area contributed by atoms with Gasteiger partial charge in [-0.25, -0.2) is 0 Å². The van der Waals surface area contributed by atoms with Crippen LogP contribution in [0.1, 0.15) is 37.4 Å². The van der Waals surface area contributed by atoms with Crippen molar-refractivity contribution in [3.05, 3.63) is 29.5 Å². The van der Waals surface area contributed by atoms with Crippen molar-refractivity contribution in [2.75, 3.05) is 0 Å². The van der Waals surface area contributed by atoms with Crippen molar-refractivity contribution in [3.63, 3.8) is 0 Å². The summed E-state index contributed by atoms with van der Waals surface area (Å²) < 4.78 is 38.9. The van der Waals surface area contributed by atoms with Gasteiger partial charge in [0.1, 0.15) is 12.6 Å². The fourth-order valence-electron chi connectivity index (χ4n) is 3.13. The van der Waals surface area contributed by atoms with Crippen molar-refractivity contribution in [1.82, 2.24) is 9.78 Å². The fraction of sp³-hybridized carbons (Fsp3) is 0.500. The largest absolute Gasteiger partial charge is 0.408 e. The second kappa shape index (κ2) is 5.01. The molecule has 0 saturated heterocycles. The number of alkyl halides is 3. The minimum absolute atomic E-state index is 0.0435. The standard InChI is InChI=1S/C16H16F3N3/c1-9(2)12-6-13(12)10-3-4-11-14(7-20)21-22(15(11)5-10)8-16(17,18)19/h3-5,9,12-13H,6,8H2,1-2H3/t12-,13-/m1/s1. The maximum absolute atomic E-state index is 12.7. The summed E-state index contributed by atoms with van der Waals surface area (Å²) in [6, 6.07) is 7.27. The second-order valence-electron chi connectivity index (χ2n) is 6.26. The van der Waals surface area contributed by atoms with Crippen molar-refractivity contribution in [1.29, 1.82) is 5.26 Å². The van der Waals surface area contributed by atoms with Crippen molar-refractivity contribution < 1.29 is 13.2 Å². The van der Waals surface area contributed by atoms with E-state index in [2.05, 4.69) is 18.9 Å². The molecule has 0 amide bonds. The van der Waals surface area contributed by atoms with Gasteiger partial charge >= 0.3 is 6.18 Å². The topological polar surface area (TPSA) is 41.6 Å². The van der Waals surface area contributed by atoms with Crippen molar-refractivity contribution in [3.8, 4) is 6.07 Å². The van der Waals surface area contributed by atoms with Gasteiger partial charge in [0.2, 0.25) is 0 Å². The Bertz CT molecular complexity index is 752. The monoisotopic (exact) mass is 307 g/mol. The van der Waals surface area contributed by atoms with Gasteiger partial charge in [0.25, 0.3) is 0 Å². The lowest BCUT2D eigenvalue weighted by molar-refractivity contribution is -0.141. The van der Waals surface area contributed by atoms with Crippen LogP contribution < -0.4 is 0 Å². The molecule has 2 aromatic rings. The molecule has 3 nitrogen and oxygen atoms in total. The molecule has 6 heteroatoms. The molecule has 0 radical (unpaired) electrons. The average Bonchev–Trinajstić information content (AvgIpc) is 3.16. The van der Waals surface area contributed by atoms with Gasteiger partial charge in [0, 0.05) is 5.39 Å². The first kappa shape index (κ1) is 14.9. The first-order valence-electron chi connectivity index (χ1n) is 7.27. The Labute approximate surface area is 126 Å². The molecule has 1 heterocycles. The first-order valence-corrected chi connectivity index (χ1v) is 7.27. The van der Waals surface area contributed by atoms with Crippen LogP contribution in [0.25, 0.3) is 10.9 Å². The zero-order valence-corrected chi connectivity index (χ0v) is 12.4. The van der Waals surface area contributed by atoms with Crippen molar-refractivity contribution >= 4 is 10.9 Å². The van der Waals surface area contributed by atoms with Crippen molar-refractivity contribution in [2.45, 2.75) is 38.9 Å². The Morgan fingerprint density at radius 2 is 2.14 bits per heavy atom. The van der Waals surface area contributed by atoms with Gasteiger partial charge in [-0.05, 0) is 41.9 Å². The summed E-state index contributed by atoms with van der Waals surface area (Å²) in [5, 5.41) is 13.3. The molecule has 1 saturated carbocycles. The van der Waals surface area contributed by atoms with Crippen LogP contribution in [0, 0.1) is 23.2 Å². The van der Waals surface area contributed by atoms with Gasteiger partial charge < -0.3 is 0 Å². The number of halogens is 3. The molecule has 116 valence electrons. The number of fused-ring (bicyclic) bond motifs is 1. The number of hydrogen-bond acceptors (Lipinski definition) is 2. The highest BCUT2D eigenvalue weighted by Gasteiger charge is 2.40. The van der Waals surface area contributed by atoms with Gasteiger partial charge in [-0.15, -0.1) is 0 Å². The summed E-state index contributed by atoms with van der Waals surface area (Å²) in [5.41, 5.74) is 1.47. The second-order valence-corrected chi connectivity index (χ2v) is 6.26. The highest BCUT2D eigenvalue weighted by Crippen LogP contribution is 2.52. The average molecular weight is 307 g/mol. The Balaban J connectivity index is 2.03. The van der Waals surface area contributed by atoms with Crippen LogP contribution in [0.15, 0.2) is 18.2 Å². The third kappa shape index (κ3) is 2.68. The minimum atomic E-state index is -4.36. The Kier molecular flexibility index (Phi) is 3.39. The van der Waals surface area contributed by atoms with Crippen LogP contribution in [0.4, 0.5) is 13.2 Å². The lowest BCUT2D eigenvalue weighted by Gasteiger charge is -2.08. The Morgan fingerprint density at radius 1 is 1.41 bits per heavy atom. The van der Waals surface area contributed by atoms with Crippen LogP contribution in [-0.2, 0) is 6.54 Å². The van der Waals surface area contributed by atoms with Crippen LogP contribution in [0.2, 0.25) is 0 Å². The molecule has 2 atom stereocenters. The maximum Gasteiger partial charge on any atom is 0.408 e. The molecule has 1 fully saturated rings. The van der Waals surface area contributed by atoms with E-state index in [0.717, 1.165) is 16.7 Å². The predicted molar refractivity (Wildman–Crippen MR) is 76.2 cm³/mol. The van der Waals surface area contributed by atoms with E-state index in [1.165, 1.54) is 0 Å². The molecule has 22 heavy (non-hydrogen) atoms. The molecule has 1 aromatic carbocycles. The summed E-state index contributed by atoms with van der Waals surface area (Å²) >= 11 is 0. The third-order valence-corrected chi connectivity index (χ3v) is 4.33. The third-order valence-electron chi connectivity index (χ3n) is 4.33. The number of rotatable bonds is 3. The SMILES string of the molecule is CC(C)[C@H]1C[C@@H]1c1ccc2c(C#N)nn(CC(F)(F)F)c2c1. The quantitative estimate of drug-likeness (QED) is 0.851. The van der Waals surface area contributed by atoms with Gasteiger partial charge in [0.15, 0.2) is 5.69 Å². The molecule has 3 rings (SSSR count). The molecular formula is C16H16F3N3. The van der Waals surface area contributed by atoms with Gasteiger partial charge in [0.05, 0.1) is 5.52 Å². The summed E-state index contributed by atoms with van der Waals surface area (Å²) in [7, 11) is 0. The molecule has 1 aliphatic rings. The van der Waals surface area contributed by atoms with Crippen LogP contribution in [0.5, 0.6) is 0 Å². The first-order chi connectivity index (χ1) is 10.3. The van der Waals surface area contributed by atoms with Crippen LogP contribution >= 0.6 is 0 Å². The summed E-state index contributed by atoms with van der Waals surface area (Å²) in [4.78, 5) is 0. The molecule has 1 aliphatic carbocycles. The van der Waals surface area contributed by atoms with Gasteiger partial charge in [-0.3, -0.25) is 4.68 Å². The number of benzene rings is 1. The van der Waals surface area contributed by atoms with E-state index in [1.54, 1.807) is 12.1 Å². The zero-order chi connectivity index (χ0) is 16.1. The number of nitriles is 1. The number of nitrogens with zero attached hydrogens (tertiary/aromatic N) is 3. The lowest BCUT2D eigenvalue weighted by atomic mass is 10.0. The molecule has 1 aromatic heterocycles. The number of aromatic nitrogens is 2. The van der Waals surface area contributed by atoms with Crippen LogP contribution in [0.3, 0.4) is 0 Å². The normalized spacial score (nSPS) is 21.3. The number of hydrogen-bond donors (Lipinski definition) is 0. The lowest BCUT2D eigenvalue weighted by Crippen LogP contribution is -2.18. The summed E-state index contributed by atoms with van der Waals surface area (Å²) in [5.74, 6) is 1.56. The van der Waals surface area contributed by atoms with E-state index in [9.17, 15) is 13.2 Å². The molecule has 0 unspecified atom stereocenters. The smallest absolute Gasteiger partial charge is 0.254 e. The Morgan fingerprint density at radius 3 is 2.68 bits per heavy atom. The van der Waals surface area contributed by atoms with E-state index in [1.807, 2.05) is 12.1 Å². The van der Waals surface area contributed by atoms with E-state index in [4.69, 9.17) is 5.26 Å². The molecule has 0 spiro atoms. The molecule has 0 aliphatic heterocycles. The highest BCUT2D eigenvalue weighted by atomic mass is 19.4. The van der Waals surface area contributed by atoms with Crippen LogP contribution in [-0.4, -0.2) is 16.0 Å². The van der Waals surface area contributed by atoms with Crippen molar-refractivity contribution in [2.24, 2.45) is 11.8 Å². The highest BCUT2D eigenvalue weighted by molar-refractivity contribution is 5.85. The zero-order valence-electron chi connectivity index (χ0n) is 12.4. The molecule has 0 N–H and O–H groups in total. The van der Waals surface area contributed by atoms with E-state index in [0.29, 0.717) is 28.7 Å². The Hall–Kier alpha value is -2.03.